The Kier molecular flexibility index (Phi) is 69.0. The van der Waals surface area contributed by atoms with Crippen LogP contribution in [0, 0.1) is 17.8 Å². The molecular formula is C80H156O17P2. The van der Waals surface area contributed by atoms with Gasteiger partial charge in [0.25, 0.3) is 0 Å². The second kappa shape index (κ2) is 70.4. The van der Waals surface area contributed by atoms with Crippen molar-refractivity contribution in [3.63, 3.8) is 0 Å². The monoisotopic (exact) mass is 1450 g/mol. The molecule has 0 amide bonds. The summed E-state index contributed by atoms with van der Waals surface area (Å²) in [6.45, 7) is 12.0. The van der Waals surface area contributed by atoms with E-state index in [0.29, 0.717) is 25.7 Å². The molecule has 0 bridgehead atoms. The summed E-state index contributed by atoms with van der Waals surface area (Å²) in [6, 6.07) is 0. The smallest absolute Gasteiger partial charge is 0.462 e. The lowest BCUT2D eigenvalue weighted by atomic mass is 10.0. The predicted octanol–water partition coefficient (Wildman–Crippen LogP) is 23.7. The molecule has 0 aliphatic heterocycles. The Balaban J connectivity index is 5.18. The highest BCUT2D eigenvalue weighted by Gasteiger charge is 2.30. The molecule has 0 spiro atoms. The molecule has 0 aromatic rings. The first-order chi connectivity index (χ1) is 47.7. The van der Waals surface area contributed by atoms with Crippen molar-refractivity contribution in [2.24, 2.45) is 17.8 Å². The molecule has 99 heavy (non-hydrogen) atoms. The lowest BCUT2D eigenvalue weighted by molar-refractivity contribution is -0.161. The van der Waals surface area contributed by atoms with Crippen molar-refractivity contribution in [3.8, 4) is 0 Å². The lowest BCUT2D eigenvalue weighted by Crippen LogP contribution is -2.30. The number of phosphoric ester groups is 2. The van der Waals surface area contributed by atoms with Crippen LogP contribution in [-0.4, -0.2) is 96.7 Å². The second-order valence-electron chi connectivity index (χ2n) is 30.2. The van der Waals surface area contributed by atoms with Gasteiger partial charge in [-0.2, -0.15) is 0 Å². The van der Waals surface area contributed by atoms with E-state index < -0.39 is 97.5 Å². The van der Waals surface area contributed by atoms with E-state index in [2.05, 4.69) is 48.5 Å². The van der Waals surface area contributed by atoms with Gasteiger partial charge in [-0.05, 0) is 43.4 Å². The lowest BCUT2D eigenvalue weighted by Gasteiger charge is -2.21. The maximum Gasteiger partial charge on any atom is 0.472 e. The van der Waals surface area contributed by atoms with Gasteiger partial charge in [-0.3, -0.25) is 37.3 Å². The number of unbranched alkanes of at least 4 members (excludes halogenated alkanes) is 46. The number of aliphatic hydroxyl groups is 1. The van der Waals surface area contributed by atoms with E-state index in [9.17, 15) is 43.2 Å². The van der Waals surface area contributed by atoms with Crippen molar-refractivity contribution in [2.75, 3.05) is 39.6 Å². The Hall–Kier alpha value is -1.94. The molecule has 0 aromatic heterocycles. The average molecular weight is 1450 g/mol. The fourth-order valence-electron chi connectivity index (χ4n) is 12.3. The number of aliphatic hydroxyl groups excluding tert-OH is 1. The Bertz CT molecular complexity index is 1920. The number of rotatable bonds is 78. The summed E-state index contributed by atoms with van der Waals surface area (Å²) in [6.07, 6.45) is 58.5. The number of ether oxygens (including phenoxy) is 4. The molecule has 0 saturated heterocycles. The highest BCUT2D eigenvalue weighted by Crippen LogP contribution is 2.45. The zero-order chi connectivity index (χ0) is 73.0. The van der Waals surface area contributed by atoms with Crippen LogP contribution in [0.2, 0.25) is 0 Å². The van der Waals surface area contributed by atoms with Gasteiger partial charge < -0.3 is 33.8 Å². The van der Waals surface area contributed by atoms with E-state index >= 15 is 0 Å². The standard InChI is InChI=1S/C80H156O17P2/c1-8-9-10-11-37-47-54-61-77(82)90-67-75(96-80(85)64-57-50-43-36-30-24-27-33-40-46-53-60-73(6)7)69-94-98(86,87)92-65-74(81)66-93-99(88,89)95-70-76(97-79(84)63-56-49-42-35-29-23-19-15-13-17-21-26-32-39-45-52-59-72(4)5)68-91-78(83)62-55-48-41-34-28-22-18-14-12-16-20-25-31-38-44-51-58-71(2)3/h71-76,81H,8-70H2,1-7H3,(H,86,87)(H,88,89)/t74-,75+,76+/m0/s1. The first kappa shape index (κ1) is 97.1. The molecule has 17 nitrogen and oxygen atoms in total. The zero-order valence-electron chi connectivity index (χ0n) is 65.0. The fourth-order valence-corrected chi connectivity index (χ4v) is 13.9. The maximum atomic E-state index is 13.1. The number of phosphoric acid groups is 2. The summed E-state index contributed by atoms with van der Waals surface area (Å²) in [5.41, 5.74) is 0. The molecule has 3 N–H and O–H groups in total. The molecule has 19 heteroatoms. The molecule has 2 unspecified atom stereocenters. The van der Waals surface area contributed by atoms with Crippen LogP contribution in [0.5, 0.6) is 0 Å². The number of carbonyl (C=O) groups excluding carboxylic acids is 4. The first-order valence-corrected chi connectivity index (χ1v) is 44.3. The van der Waals surface area contributed by atoms with Gasteiger partial charge in [-0.25, -0.2) is 9.13 Å². The minimum atomic E-state index is -4.96. The summed E-state index contributed by atoms with van der Waals surface area (Å²) in [4.78, 5) is 72.8. The molecule has 0 radical (unpaired) electrons. The first-order valence-electron chi connectivity index (χ1n) is 41.3. The normalized spacial score (nSPS) is 14.0. The van der Waals surface area contributed by atoms with Gasteiger partial charge in [-0.15, -0.1) is 0 Å². The van der Waals surface area contributed by atoms with Crippen LogP contribution >= 0.6 is 15.6 Å². The molecule has 5 atom stereocenters. The molecule has 0 aromatic carbocycles. The molecule has 588 valence electrons. The van der Waals surface area contributed by atoms with Gasteiger partial charge in [-0.1, -0.05) is 363 Å². The molecule has 0 heterocycles. The SMILES string of the molecule is CCCCCCCCCC(=O)OC[C@H](COP(=O)(O)OC[C@H](O)COP(=O)(O)OC[C@@H](COC(=O)CCCCCCCCCCCCCCCCCCC(C)C)OC(=O)CCCCCCCCCCCCCCCCCCC(C)C)OC(=O)CCCCCCCCCCCCCC(C)C. The molecule has 0 aliphatic carbocycles. The van der Waals surface area contributed by atoms with Crippen LogP contribution in [0.15, 0.2) is 0 Å². The molecule has 0 aliphatic rings. The second-order valence-corrected chi connectivity index (χ2v) is 33.1. The summed E-state index contributed by atoms with van der Waals surface area (Å²) in [7, 11) is -9.91. The number of carbonyl (C=O) groups is 4. The average Bonchev–Trinajstić information content (AvgIpc) is 0.961. The van der Waals surface area contributed by atoms with E-state index in [4.69, 9.17) is 37.0 Å². The van der Waals surface area contributed by atoms with E-state index in [1.54, 1.807) is 0 Å². The van der Waals surface area contributed by atoms with Gasteiger partial charge in [0.05, 0.1) is 26.4 Å². The van der Waals surface area contributed by atoms with Crippen molar-refractivity contribution in [2.45, 2.75) is 433 Å². The van der Waals surface area contributed by atoms with Crippen LogP contribution in [0.25, 0.3) is 0 Å². The van der Waals surface area contributed by atoms with Crippen molar-refractivity contribution >= 4 is 39.5 Å². The van der Waals surface area contributed by atoms with Crippen LogP contribution in [0.3, 0.4) is 0 Å². The van der Waals surface area contributed by atoms with Gasteiger partial charge in [0.1, 0.15) is 19.3 Å². The summed E-state index contributed by atoms with van der Waals surface area (Å²) in [5.74, 6) is 0.271. The van der Waals surface area contributed by atoms with Crippen molar-refractivity contribution < 1.29 is 80.2 Å². The summed E-state index contributed by atoms with van der Waals surface area (Å²) in [5, 5.41) is 10.6. The number of esters is 4. The zero-order valence-corrected chi connectivity index (χ0v) is 66.8. The third kappa shape index (κ3) is 74.1. The minimum Gasteiger partial charge on any atom is -0.462 e. The van der Waals surface area contributed by atoms with Crippen molar-refractivity contribution in [3.05, 3.63) is 0 Å². The quantitative estimate of drug-likeness (QED) is 0.0222. The van der Waals surface area contributed by atoms with E-state index in [1.165, 1.54) is 212 Å². The van der Waals surface area contributed by atoms with Crippen LogP contribution in [-0.2, 0) is 65.4 Å². The molecular weight excluding hydrogens is 1290 g/mol. The van der Waals surface area contributed by atoms with Crippen molar-refractivity contribution in [1.82, 2.24) is 0 Å². The van der Waals surface area contributed by atoms with Gasteiger partial charge in [0, 0.05) is 25.7 Å². The Morgan fingerprint density at radius 3 is 0.687 bits per heavy atom. The highest BCUT2D eigenvalue weighted by atomic mass is 31.2. The largest absolute Gasteiger partial charge is 0.472 e. The number of hydrogen-bond acceptors (Lipinski definition) is 15. The van der Waals surface area contributed by atoms with E-state index in [-0.39, 0.29) is 25.7 Å². The van der Waals surface area contributed by atoms with Gasteiger partial charge >= 0.3 is 39.5 Å². The third-order valence-corrected chi connectivity index (χ3v) is 20.5. The van der Waals surface area contributed by atoms with Gasteiger partial charge in [0.2, 0.25) is 0 Å². The Morgan fingerprint density at radius 2 is 0.465 bits per heavy atom. The topological polar surface area (TPSA) is 237 Å². The van der Waals surface area contributed by atoms with Crippen molar-refractivity contribution in [1.29, 1.82) is 0 Å². The van der Waals surface area contributed by atoms with Crippen LogP contribution in [0.1, 0.15) is 414 Å². The highest BCUT2D eigenvalue weighted by molar-refractivity contribution is 7.47. The third-order valence-electron chi connectivity index (χ3n) is 18.6. The van der Waals surface area contributed by atoms with E-state index in [0.717, 1.165) is 120 Å². The molecule has 0 saturated carbocycles. The van der Waals surface area contributed by atoms with Crippen LogP contribution < -0.4 is 0 Å². The Labute approximate surface area is 607 Å². The summed E-state index contributed by atoms with van der Waals surface area (Å²) < 4.78 is 68.6. The maximum absolute atomic E-state index is 13.1. The van der Waals surface area contributed by atoms with Gasteiger partial charge in [0.15, 0.2) is 12.2 Å². The predicted molar refractivity (Wildman–Crippen MR) is 405 cm³/mol. The summed E-state index contributed by atoms with van der Waals surface area (Å²) >= 11 is 0. The molecule has 0 rings (SSSR count). The molecule has 0 fully saturated rings. The Morgan fingerprint density at radius 1 is 0.273 bits per heavy atom. The van der Waals surface area contributed by atoms with E-state index in [1.807, 2.05) is 0 Å². The number of hydrogen-bond donors (Lipinski definition) is 3. The fraction of sp³-hybridized carbons (Fsp3) is 0.950. The van der Waals surface area contributed by atoms with Crippen LogP contribution in [0.4, 0.5) is 0 Å². The minimum absolute atomic E-state index is 0.106.